The molecule has 0 saturated heterocycles. The monoisotopic (exact) mass is 391 g/mol. The molecule has 3 rings (SSSR count). The zero-order chi connectivity index (χ0) is 17.2. The lowest BCUT2D eigenvalue weighted by Gasteiger charge is -2.28. The fourth-order valence-electron chi connectivity index (χ4n) is 2.53. The highest BCUT2D eigenvalue weighted by Gasteiger charge is 2.27. The van der Waals surface area contributed by atoms with E-state index in [1.54, 1.807) is 6.07 Å². The Labute approximate surface area is 148 Å². The van der Waals surface area contributed by atoms with Crippen LogP contribution in [0.2, 0.25) is 4.34 Å². The van der Waals surface area contributed by atoms with E-state index in [0.717, 1.165) is 23.7 Å². The molecule has 1 saturated carbocycles. The van der Waals surface area contributed by atoms with E-state index in [4.69, 9.17) is 16.3 Å². The van der Waals surface area contributed by atoms with Crippen molar-refractivity contribution in [1.29, 1.82) is 0 Å². The summed E-state index contributed by atoms with van der Waals surface area (Å²) < 4.78 is 46.3. The Bertz CT molecular complexity index is 790. The normalized spacial score (nSPS) is 21.6. The minimum Gasteiger partial charge on any atom is -0.460 e. The topological polar surface area (TPSA) is 81.2 Å². The minimum absolute atomic E-state index is 0.104. The lowest BCUT2D eigenvalue weighted by atomic mass is 9.94. The number of halogens is 2. The Kier molecular flexibility index (Phi) is 5.33. The number of hydrogen-bond donors (Lipinski definition) is 1. The van der Waals surface area contributed by atoms with Gasteiger partial charge in [-0.1, -0.05) is 11.6 Å². The summed E-state index contributed by atoms with van der Waals surface area (Å²) in [5.41, 5.74) is 0. The van der Waals surface area contributed by atoms with Crippen LogP contribution in [0.3, 0.4) is 0 Å². The molecule has 0 aromatic carbocycles. The van der Waals surface area contributed by atoms with Crippen LogP contribution in [-0.2, 0) is 10.0 Å². The second-order valence-electron chi connectivity index (χ2n) is 5.46. The molecule has 0 spiro atoms. The van der Waals surface area contributed by atoms with E-state index >= 15 is 0 Å². The molecule has 10 heteroatoms. The Hall–Kier alpha value is -1.29. The number of hydrogen-bond acceptors (Lipinski definition) is 6. The molecule has 2 aromatic rings. The van der Waals surface area contributed by atoms with Crippen molar-refractivity contribution < 1.29 is 17.5 Å². The average molecular weight is 392 g/mol. The predicted octanol–water partition coefficient (Wildman–Crippen LogP) is 3.00. The highest BCUT2D eigenvalue weighted by Crippen LogP contribution is 2.28. The number of rotatable bonds is 5. The first-order valence-corrected chi connectivity index (χ1v) is 10.0. The van der Waals surface area contributed by atoms with Gasteiger partial charge in [-0.15, -0.1) is 11.3 Å². The van der Waals surface area contributed by atoms with Crippen LogP contribution in [0.5, 0.6) is 6.01 Å². The number of nitrogens with one attached hydrogen (secondary N) is 1. The molecule has 1 aliphatic rings. The van der Waals surface area contributed by atoms with Crippen LogP contribution in [0, 0.1) is 5.82 Å². The molecule has 1 aliphatic carbocycles. The largest absolute Gasteiger partial charge is 0.460 e. The summed E-state index contributed by atoms with van der Waals surface area (Å²) in [5, 5.41) is 0. The molecule has 24 heavy (non-hydrogen) atoms. The maximum Gasteiger partial charge on any atom is 0.316 e. The quantitative estimate of drug-likeness (QED) is 0.847. The molecule has 2 heterocycles. The summed E-state index contributed by atoms with van der Waals surface area (Å²) in [6, 6.07) is 3.04. The summed E-state index contributed by atoms with van der Waals surface area (Å²) in [4.78, 5) is 7.52. The molecule has 0 amide bonds. The van der Waals surface area contributed by atoms with Gasteiger partial charge in [0.2, 0.25) is 10.0 Å². The van der Waals surface area contributed by atoms with E-state index in [1.807, 2.05) is 0 Å². The average Bonchev–Trinajstić information content (AvgIpc) is 2.99. The number of ether oxygens (including phenoxy) is 1. The van der Waals surface area contributed by atoms with Gasteiger partial charge in [-0.25, -0.2) is 27.5 Å². The summed E-state index contributed by atoms with van der Waals surface area (Å²) >= 11 is 6.82. The molecular formula is C14H15ClFN3O3S2. The fraction of sp³-hybridized carbons (Fsp3) is 0.429. The predicted molar refractivity (Wildman–Crippen MR) is 88.3 cm³/mol. The van der Waals surface area contributed by atoms with Crippen molar-refractivity contribution in [2.45, 2.75) is 42.0 Å². The van der Waals surface area contributed by atoms with Crippen LogP contribution in [0.1, 0.15) is 25.7 Å². The summed E-state index contributed by atoms with van der Waals surface area (Å²) in [6.45, 7) is 0. The van der Waals surface area contributed by atoms with Crippen molar-refractivity contribution in [1.82, 2.24) is 14.7 Å². The lowest BCUT2D eigenvalue weighted by Crippen LogP contribution is -2.39. The van der Waals surface area contributed by atoms with Gasteiger partial charge in [-0.2, -0.15) is 0 Å². The van der Waals surface area contributed by atoms with Gasteiger partial charge < -0.3 is 4.74 Å². The molecule has 130 valence electrons. The Balaban J connectivity index is 1.52. The van der Waals surface area contributed by atoms with Crippen molar-refractivity contribution in [3.05, 3.63) is 34.7 Å². The summed E-state index contributed by atoms with van der Waals surface area (Å²) in [6.07, 6.45) is 4.61. The molecule has 1 fully saturated rings. The summed E-state index contributed by atoms with van der Waals surface area (Å²) in [7, 11) is -3.54. The van der Waals surface area contributed by atoms with Crippen molar-refractivity contribution >= 4 is 33.0 Å². The van der Waals surface area contributed by atoms with Crippen molar-refractivity contribution in [2.24, 2.45) is 0 Å². The molecule has 0 bridgehead atoms. The van der Waals surface area contributed by atoms with Crippen LogP contribution in [-0.4, -0.2) is 30.5 Å². The lowest BCUT2D eigenvalue weighted by molar-refractivity contribution is 0.132. The van der Waals surface area contributed by atoms with Gasteiger partial charge in [-0.3, -0.25) is 0 Å². The molecule has 0 atom stereocenters. The van der Waals surface area contributed by atoms with Crippen LogP contribution >= 0.6 is 22.9 Å². The number of thiophene rings is 1. The third-order valence-corrected chi connectivity index (χ3v) is 6.92. The van der Waals surface area contributed by atoms with E-state index in [-0.39, 0.29) is 22.4 Å². The van der Waals surface area contributed by atoms with E-state index in [0.29, 0.717) is 30.0 Å². The maximum atomic E-state index is 12.8. The zero-order valence-corrected chi connectivity index (χ0v) is 14.9. The number of aromatic nitrogens is 2. The van der Waals surface area contributed by atoms with Crippen molar-refractivity contribution in [2.75, 3.05) is 0 Å². The maximum absolute atomic E-state index is 12.8. The van der Waals surface area contributed by atoms with E-state index in [1.165, 1.54) is 6.07 Å². The summed E-state index contributed by atoms with van der Waals surface area (Å²) in [5.74, 6) is -0.519. The molecule has 0 unspecified atom stereocenters. The first-order chi connectivity index (χ1) is 11.4. The van der Waals surface area contributed by atoms with E-state index < -0.39 is 15.8 Å². The minimum atomic E-state index is -3.54. The highest BCUT2D eigenvalue weighted by molar-refractivity contribution is 7.91. The Morgan fingerprint density at radius 1 is 1.21 bits per heavy atom. The smallest absolute Gasteiger partial charge is 0.316 e. The zero-order valence-electron chi connectivity index (χ0n) is 12.5. The van der Waals surface area contributed by atoms with Crippen molar-refractivity contribution in [3.8, 4) is 6.01 Å². The van der Waals surface area contributed by atoms with Crippen molar-refractivity contribution in [3.63, 3.8) is 0 Å². The Morgan fingerprint density at radius 3 is 2.46 bits per heavy atom. The first-order valence-electron chi connectivity index (χ1n) is 7.34. The molecule has 0 aliphatic heterocycles. The number of nitrogens with zero attached hydrogens (tertiary/aromatic N) is 2. The van der Waals surface area contributed by atoms with Gasteiger partial charge in [-0.05, 0) is 37.8 Å². The Morgan fingerprint density at radius 2 is 1.88 bits per heavy atom. The van der Waals surface area contributed by atoms with E-state index in [9.17, 15) is 12.8 Å². The molecular weight excluding hydrogens is 377 g/mol. The van der Waals surface area contributed by atoms with Crippen LogP contribution in [0.4, 0.5) is 4.39 Å². The van der Waals surface area contributed by atoms with Gasteiger partial charge in [0.05, 0.1) is 16.7 Å². The second-order valence-corrected chi connectivity index (χ2v) is 9.11. The fourth-order valence-corrected chi connectivity index (χ4v) is 5.33. The third kappa shape index (κ3) is 4.41. The molecule has 1 N–H and O–H groups in total. The molecule has 2 aromatic heterocycles. The highest BCUT2D eigenvalue weighted by atomic mass is 35.5. The van der Waals surface area contributed by atoms with E-state index in [2.05, 4.69) is 14.7 Å². The van der Waals surface area contributed by atoms with Crippen LogP contribution in [0.25, 0.3) is 0 Å². The number of sulfonamides is 1. The van der Waals surface area contributed by atoms with Crippen LogP contribution in [0.15, 0.2) is 28.7 Å². The second kappa shape index (κ2) is 7.30. The van der Waals surface area contributed by atoms with Gasteiger partial charge in [0.25, 0.3) is 0 Å². The SMILES string of the molecule is O=S(=O)(NC1CCC(Oc2ncc(F)cn2)CC1)c1ccc(Cl)s1. The van der Waals surface area contributed by atoms with Gasteiger partial charge >= 0.3 is 6.01 Å². The standard InChI is InChI=1S/C14H15ClFN3O3S2/c15-12-5-6-13(23-12)24(20,21)19-10-1-3-11(4-2-10)22-14-17-7-9(16)8-18-14/h5-8,10-11,19H,1-4H2. The third-order valence-electron chi connectivity index (χ3n) is 3.68. The van der Waals surface area contributed by atoms with Gasteiger partial charge in [0.1, 0.15) is 10.3 Å². The van der Waals surface area contributed by atoms with Crippen LogP contribution < -0.4 is 9.46 Å². The van der Waals surface area contributed by atoms with Gasteiger partial charge in [0.15, 0.2) is 5.82 Å². The molecule has 6 nitrogen and oxygen atoms in total. The first kappa shape index (κ1) is 17.5. The molecule has 0 radical (unpaired) electrons. The van der Waals surface area contributed by atoms with Gasteiger partial charge in [0, 0.05) is 6.04 Å².